The van der Waals surface area contributed by atoms with E-state index in [1.54, 1.807) is 32.2 Å². The van der Waals surface area contributed by atoms with Gasteiger partial charge < -0.3 is 0 Å². The smallest absolute Gasteiger partial charge is 0.193 e. The van der Waals surface area contributed by atoms with Crippen LogP contribution in [-0.2, 0) is 0 Å². The van der Waals surface area contributed by atoms with Gasteiger partial charge in [0.15, 0.2) is 5.78 Å². The Balaban J connectivity index is 2.05. The molecule has 0 aliphatic carbocycles. The van der Waals surface area contributed by atoms with E-state index in [-0.39, 0.29) is 11.3 Å². The molecule has 4 nitrogen and oxygen atoms in total. The Morgan fingerprint density at radius 1 is 1.08 bits per heavy atom. The molecule has 0 N–H and O–H groups in total. The van der Waals surface area contributed by atoms with E-state index in [0.29, 0.717) is 11.3 Å². The van der Waals surface area contributed by atoms with Crippen molar-refractivity contribution in [2.75, 3.05) is 0 Å². The van der Waals surface area contributed by atoms with Gasteiger partial charge in [-0.25, -0.2) is 8.91 Å². The second-order valence-electron chi connectivity index (χ2n) is 6.97. The second-order valence-corrected chi connectivity index (χ2v) is 6.97. The zero-order valence-corrected chi connectivity index (χ0v) is 14.6. The number of halogens is 1. The molecular weight excluding hydrogens is 317 g/mol. The fourth-order valence-corrected chi connectivity index (χ4v) is 3.31. The number of hydrogen-bond donors (Lipinski definition) is 0. The van der Waals surface area contributed by atoms with Crippen LogP contribution in [0.3, 0.4) is 0 Å². The summed E-state index contributed by atoms with van der Waals surface area (Å²) in [6.07, 6.45) is 1.74. The van der Waals surface area contributed by atoms with Crippen molar-refractivity contribution in [3.8, 4) is 0 Å². The van der Waals surface area contributed by atoms with Gasteiger partial charge in [-0.3, -0.25) is 9.79 Å². The van der Waals surface area contributed by atoms with Gasteiger partial charge in [-0.2, -0.15) is 5.10 Å². The largest absolute Gasteiger partial charge is 0.291 e. The molecule has 0 unspecified atom stereocenters. The highest BCUT2D eigenvalue weighted by Gasteiger charge is 2.38. The number of Topliss-reactive ketones (excluding diaryl/α,β-unsaturated/α-hetero) is 1. The molecule has 0 bridgehead atoms. The average molecular weight is 335 g/mol. The van der Waals surface area contributed by atoms with Crippen LogP contribution in [0.15, 0.2) is 41.5 Å². The SMILES string of the molecule is Cc1ccc2c(C3=NC(C)(C)C(=O)c4c(F)cccc43)cnn2c1C. The van der Waals surface area contributed by atoms with Gasteiger partial charge in [0.25, 0.3) is 0 Å². The molecule has 0 saturated carbocycles. The number of hydrogen-bond acceptors (Lipinski definition) is 3. The number of benzene rings is 1. The summed E-state index contributed by atoms with van der Waals surface area (Å²) in [5.74, 6) is -0.806. The second kappa shape index (κ2) is 5.09. The van der Waals surface area contributed by atoms with Gasteiger partial charge >= 0.3 is 0 Å². The summed E-state index contributed by atoms with van der Waals surface area (Å²) in [6.45, 7) is 7.46. The Labute approximate surface area is 145 Å². The Bertz CT molecular complexity index is 1080. The minimum absolute atomic E-state index is 0.112. The van der Waals surface area contributed by atoms with E-state index in [4.69, 9.17) is 0 Å². The predicted molar refractivity (Wildman–Crippen MR) is 95.1 cm³/mol. The summed E-state index contributed by atoms with van der Waals surface area (Å²) in [6, 6.07) is 8.68. The monoisotopic (exact) mass is 335 g/mol. The van der Waals surface area contributed by atoms with Crippen LogP contribution in [0.2, 0.25) is 0 Å². The van der Waals surface area contributed by atoms with Crippen molar-refractivity contribution in [1.29, 1.82) is 0 Å². The van der Waals surface area contributed by atoms with E-state index < -0.39 is 11.4 Å². The van der Waals surface area contributed by atoms with Crippen LogP contribution in [0.5, 0.6) is 0 Å². The maximum atomic E-state index is 14.4. The maximum absolute atomic E-state index is 14.4. The highest BCUT2D eigenvalue weighted by Crippen LogP contribution is 2.32. The van der Waals surface area contributed by atoms with Crippen LogP contribution in [0.25, 0.3) is 5.52 Å². The number of carbonyl (C=O) groups is 1. The summed E-state index contributed by atoms with van der Waals surface area (Å²) < 4.78 is 16.3. The summed E-state index contributed by atoms with van der Waals surface area (Å²) in [5.41, 5.74) is 4.09. The molecule has 1 aliphatic rings. The molecule has 25 heavy (non-hydrogen) atoms. The third-order valence-corrected chi connectivity index (χ3v) is 4.88. The normalized spacial score (nSPS) is 16.0. The molecule has 5 heteroatoms. The first kappa shape index (κ1) is 15.7. The third kappa shape index (κ3) is 2.15. The van der Waals surface area contributed by atoms with E-state index in [0.717, 1.165) is 22.3 Å². The Kier molecular flexibility index (Phi) is 3.19. The molecule has 3 aromatic rings. The number of nitrogens with zero attached hydrogens (tertiary/aromatic N) is 3. The molecular formula is C20H18FN3O. The molecule has 126 valence electrons. The molecule has 0 atom stereocenters. The summed E-state index contributed by atoms with van der Waals surface area (Å²) in [7, 11) is 0. The van der Waals surface area contributed by atoms with Crippen molar-refractivity contribution in [3.05, 3.63) is 70.3 Å². The van der Waals surface area contributed by atoms with Crippen LogP contribution in [0.4, 0.5) is 4.39 Å². The van der Waals surface area contributed by atoms with Gasteiger partial charge in [-0.15, -0.1) is 0 Å². The van der Waals surface area contributed by atoms with Crippen LogP contribution >= 0.6 is 0 Å². The fraction of sp³-hybridized carbons (Fsp3) is 0.250. The summed E-state index contributed by atoms with van der Waals surface area (Å²) in [5, 5.41) is 4.47. The van der Waals surface area contributed by atoms with Gasteiger partial charge in [0.05, 0.1) is 23.0 Å². The van der Waals surface area contributed by atoms with Crippen molar-refractivity contribution >= 4 is 17.0 Å². The zero-order chi connectivity index (χ0) is 17.9. The highest BCUT2D eigenvalue weighted by molar-refractivity contribution is 6.25. The molecule has 0 radical (unpaired) electrons. The molecule has 1 aliphatic heterocycles. The van der Waals surface area contributed by atoms with E-state index in [1.807, 2.05) is 30.5 Å². The van der Waals surface area contributed by atoms with Crippen LogP contribution in [0.1, 0.15) is 46.6 Å². The van der Waals surface area contributed by atoms with Crippen molar-refractivity contribution in [1.82, 2.24) is 9.61 Å². The molecule has 3 heterocycles. The lowest BCUT2D eigenvalue weighted by Gasteiger charge is -2.27. The number of carbonyl (C=O) groups excluding carboxylic acids is 1. The molecule has 2 aromatic heterocycles. The number of fused-ring (bicyclic) bond motifs is 2. The first-order valence-corrected chi connectivity index (χ1v) is 8.19. The number of ketones is 1. The lowest BCUT2D eigenvalue weighted by atomic mass is 9.83. The Morgan fingerprint density at radius 3 is 2.60 bits per heavy atom. The predicted octanol–water partition coefficient (Wildman–Crippen LogP) is 3.90. The minimum atomic E-state index is -1.02. The lowest BCUT2D eigenvalue weighted by Crippen LogP contribution is -2.37. The Hall–Kier alpha value is -2.82. The standard InChI is InChI=1S/C20H18FN3O/c1-11-8-9-16-14(10-22-24(16)12(11)2)18-13-6-5-7-15(21)17(13)19(25)20(3,4)23-18/h5-10H,1-4H3. The van der Waals surface area contributed by atoms with Gasteiger partial charge in [0, 0.05) is 16.8 Å². The number of aryl methyl sites for hydroxylation is 2. The molecule has 0 spiro atoms. The van der Waals surface area contributed by atoms with Crippen LogP contribution in [0, 0.1) is 19.7 Å². The zero-order valence-electron chi connectivity index (χ0n) is 14.6. The molecule has 0 amide bonds. The lowest BCUT2D eigenvalue weighted by molar-refractivity contribution is 0.0908. The maximum Gasteiger partial charge on any atom is 0.193 e. The van der Waals surface area contributed by atoms with E-state index in [9.17, 15) is 9.18 Å². The molecule has 0 fully saturated rings. The number of aliphatic imine (C=N–C) groups is 1. The van der Waals surface area contributed by atoms with E-state index in [2.05, 4.69) is 10.1 Å². The van der Waals surface area contributed by atoms with Gasteiger partial charge in [0.2, 0.25) is 0 Å². The van der Waals surface area contributed by atoms with Crippen LogP contribution in [-0.4, -0.2) is 26.6 Å². The molecule has 0 saturated heterocycles. The van der Waals surface area contributed by atoms with Gasteiger partial charge in [0.1, 0.15) is 11.4 Å². The fourth-order valence-electron chi connectivity index (χ4n) is 3.31. The van der Waals surface area contributed by atoms with Gasteiger partial charge in [-0.05, 0) is 45.4 Å². The highest BCUT2D eigenvalue weighted by atomic mass is 19.1. The van der Waals surface area contributed by atoms with Gasteiger partial charge in [-0.1, -0.05) is 18.2 Å². The quantitative estimate of drug-likeness (QED) is 0.677. The first-order valence-electron chi connectivity index (χ1n) is 8.19. The summed E-state index contributed by atoms with van der Waals surface area (Å²) in [4.78, 5) is 17.3. The van der Waals surface area contributed by atoms with E-state index >= 15 is 0 Å². The van der Waals surface area contributed by atoms with Crippen molar-refractivity contribution in [2.45, 2.75) is 33.2 Å². The Morgan fingerprint density at radius 2 is 1.84 bits per heavy atom. The van der Waals surface area contributed by atoms with Crippen LogP contribution < -0.4 is 0 Å². The average Bonchev–Trinajstić information content (AvgIpc) is 2.99. The number of rotatable bonds is 1. The molecule has 4 rings (SSSR count). The van der Waals surface area contributed by atoms with Crippen molar-refractivity contribution in [2.24, 2.45) is 4.99 Å². The topological polar surface area (TPSA) is 46.7 Å². The molecule has 1 aromatic carbocycles. The van der Waals surface area contributed by atoms with E-state index in [1.165, 1.54) is 6.07 Å². The third-order valence-electron chi connectivity index (χ3n) is 4.88. The first-order chi connectivity index (χ1) is 11.8. The number of aromatic nitrogens is 2. The van der Waals surface area contributed by atoms with Crippen molar-refractivity contribution < 1.29 is 9.18 Å². The van der Waals surface area contributed by atoms with Crippen molar-refractivity contribution in [3.63, 3.8) is 0 Å². The summed E-state index contributed by atoms with van der Waals surface area (Å²) >= 11 is 0. The number of pyridine rings is 1. The minimum Gasteiger partial charge on any atom is -0.291 e.